The summed E-state index contributed by atoms with van der Waals surface area (Å²) >= 11 is 9.82. The van der Waals surface area contributed by atoms with E-state index >= 15 is 8.78 Å². The lowest BCUT2D eigenvalue weighted by Crippen LogP contribution is -1.77. The smallest absolute Gasteiger partial charge is 0.142 e. The van der Waals surface area contributed by atoms with Crippen LogP contribution in [0.4, 0.5) is 8.78 Å². The Labute approximate surface area is 310 Å². The number of hydrogen-bond donors (Lipinski definition) is 0. The molecule has 0 atom stereocenters. The van der Waals surface area contributed by atoms with E-state index in [1.807, 2.05) is 36.4 Å². The van der Waals surface area contributed by atoms with Gasteiger partial charge in [0, 0.05) is 38.7 Å². The van der Waals surface area contributed by atoms with Crippen molar-refractivity contribution in [3.63, 3.8) is 0 Å². The first-order valence-corrected chi connectivity index (χ1v) is 20.8. The van der Waals surface area contributed by atoms with Crippen LogP contribution in [0.3, 0.4) is 0 Å². The molecule has 0 N–H and O–H groups in total. The zero-order chi connectivity index (χ0) is 33.3. The molecule has 0 fully saturated rings. The number of fused-ring (bicyclic) bond motifs is 3. The summed E-state index contributed by atoms with van der Waals surface area (Å²) in [5.41, 5.74) is 4.09. The Kier molecular flexibility index (Phi) is 7.45. The van der Waals surface area contributed by atoms with Crippen LogP contribution in [0, 0.1) is 11.6 Å². The fraction of sp³-hybridized carbons (Fsp3) is 0. The van der Waals surface area contributed by atoms with Crippen LogP contribution in [0.25, 0.3) is 92.2 Å². The van der Waals surface area contributed by atoms with E-state index < -0.39 is 0 Å². The zero-order valence-corrected chi connectivity index (χ0v) is 30.8. The summed E-state index contributed by atoms with van der Waals surface area (Å²) in [6.07, 6.45) is 0. The van der Waals surface area contributed by atoms with Gasteiger partial charge in [0.25, 0.3) is 0 Å². The Bertz CT molecular complexity index is 2550. The summed E-state index contributed by atoms with van der Waals surface area (Å²) in [5, 5.41) is 8.77. The summed E-state index contributed by atoms with van der Waals surface area (Å²) in [5.74, 6) is -0.366. The molecule has 0 aliphatic rings. The number of benzene rings is 4. The van der Waals surface area contributed by atoms with Crippen molar-refractivity contribution in [2.24, 2.45) is 0 Å². The van der Waals surface area contributed by atoms with Crippen molar-refractivity contribution in [2.75, 3.05) is 0 Å². The third kappa shape index (κ3) is 5.39. The van der Waals surface area contributed by atoms with E-state index in [2.05, 4.69) is 83.6 Å². The monoisotopic (exact) mass is 756 g/mol. The minimum atomic E-state index is -0.183. The van der Waals surface area contributed by atoms with Gasteiger partial charge >= 0.3 is 0 Å². The molecule has 0 radical (unpaired) electrons. The maximum atomic E-state index is 15.3. The van der Waals surface area contributed by atoms with Gasteiger partial charge < -0.3 is 0 Å². The van der Waals surface area contributed by atoms with Gasteiger partial charge in [0.2, 0.25) is 0 Å². The predicted octanol–water partition coefficient (Wildman–Crippen LogP) is 15.8. The standard InChI is InChI=1S/C42H22F2S6/c43-31-21-39(49-41(31)25-9-5-23(6-10-25)33-3-1-13-45-33)37-19-29-15-27-18-36-30(16-28(27)17-35(29)47-37)20-38(48-36)40-22-32(44)42(50-40)26-11-7-24(8-12-26)34-4-2-14-46-34/h1-22H. The van der Waals surface area contributed by atoms with Crippen LogP contribution in [0.2, 0.25) is 0 Å². The third-order valence-electron chi connectivity index (χ3n) is 8.88. The van der Waals surface area contributed by atoms with Gasteiger partial charge in [0.1, 0.15) is 11.6 Å². The molecule has 0 amide bonds. The van der Waals surface area contributed by atoms with Crippen molar-refractivity contribution in [3.05, 3.63) is 144 Å². The Morgan fingerprint density at radius 1 is 0.340 bits per heavy atom. The van der Waals surface area contributed by atoms with Gasteiger partial charge in [-0.05, 0) is 115 Å². The van der Waals surface area contributed by atoms with Crippen molar-refractivity contribution in [1.82, 2.24) is 0 Å². The first-order chi connectivity index (χ1) is 24.5. The van der Waals surface area contributed by atoms with E-state index in [1.165, 1.54) is 41.8 Å². The topological polar surface area (TPSA) is 0 Å². The summed E-state index contributed by atoms with van der Waals surface area (Å²) in [4.78, 5) is 7.78. The normalized spacial score (nSPS) is 11.8. The quantitative estimate of drug-likeness (QED) is 0.158. The Morgan fingerprint density at radius 3 is 1.14 bits per heavy atom. The van der Waals surface area contributed by atoms with Crippen LogP contribution < -0.4 is 0 Å². The molecule has 8 heteroatoms. The minimum Gasteiger partial charge on any atom is -0.205 e. The van der Waals surface area contributed by atoms with Gasteiger partial charge in [-0.15, -0.1) is 68.0 Å². The zero-order valence-electron chi connectivity index (χ0n) is 25.9. The lowest BCUT2D eigenvalue weighted by Gasteiger charge is -2.01. The molecule has 6 heterocycles. The van der Waals surface area contributed by atoms with Gasteiger partial charge in [-0.3, -0.25) is 0 Å². The maximum absolute atomic E-state index is 15.3. The van der Waals surface area contributed by atoms with E-state index in [0.717, 1.165) is 63.3 Å². The molecule has 0 saturated heterocycles. The molecule has 0 aliphatic carbocycles. The van der Waals surface area contributed by atoms with Crippen LogP contribution in [-0.2, 0) is 0 Å². The van der Waals surface area contributed by atoms with Gasteiger partial charge in [-0.1, -0.05) is 60.7 Å². The maximum Gasteiger partial charge on any atom is 0.142 e. The van der Waals surface area contributed by atoms with Crippen molar-refractivity contribution >= 4 is 99.0 Å². The van der Waals surface area contributed by atoms with E-state index in [-0.39, 0.29) is 11.6 Å². The van der Waals surface area contributed by atoms with Crippen molar-refractivity contribution in [2.45, 2.75) is 0 Å². The van der Waals surface area contributed by atoms with Gasteiger partial charge in [0.15, 0.2) is 0 Å². The molecule has 10 rings (SSSR count). The molecule has 0 unspecified atom stereocenters. The van der Waals surface area contributed by atoms with E-state index in [9.17, 15) is 0 Å². The van der Waals surface area contributed by atoms with E-state index in [0.29, 0.717) is 9.75 Å². The molecular weight excluding hydrogens is 735 g/mol. The first kappa shape index (κ1) is 30.5. The van der Waals surface area contributed by atoms with Crippen molar-refractivity contribution in [1.29, 1.82) is 0 Å². The first-order valence-electron chi connectivity index (χ1n) is 15.8. The van der Waals surface area contributed by atoms with Crippen LogP contribution >= 0.6 is 68.0 Å². The predicted molar refractivity (Wildman–Crippen MR) is 219 cm³/mol. The largest absolute Gasteiger partial charge is 0.205 e. The average Bonchev–Trinajstić information content (AvgIpc) is 3.99. The molecule has 4 aromatic carbocycles. The lowest BCUT2D eigenvalue weighted by molar-refractivity contribution is 0.636. The summed E-state index contributed by atoms with van der Waals surface area (Å²) in [6.45, 7) is 0. The summed E-state index contributed by atoms with van der Waals surface area (Å²) in [6, 6.07) is 41.3. The number of halogens is 2. The Balaban J connectivity index is 0.942. The highest BCUT2D eigenvalue weighted by atomic mass is 32.1. The SMILES string of the molecule is Fc1cc(-c2cc3cc4cc5sc(-c6cc(F)c(-c7ccc(-c8cccs8)cc7)s6)cc5cc4cc3s2)sc1-c1ccc(-c2cccs2)cc1. The van der Waals surface area contributed by atoms with Crippen molar-refractivity contribution in [3.8, 4) is 61.3 Å². The summed E-state index contributed by atoms with van der Waals surface area (Å²) < 4.78 is 32.9. The highest BCUT2D eigenvalue weighted by molar-refractivity contribution is 7.28. The molecule has 240 valence electrons. The number of thiophene rings is 6. The Morgan fingerprint density at radius 2 is 0.740 bits per heavy atom. The molecule has 10 aromatic rings. The molecule has 0 bridgehead atoms. The van der Waals surface area contributed by atoms with Crippen LogP contribution in [0.15, 0.2) is 132 Å². The number of rotatable bonds is 6. The fourth-order valence-electron chi connectivity index (χ4n) is 6.40. The average molecular weight is 757 g/mol. The fourth-order valence-corrected chi connectivity index (χ4v) is 12.3. The minimum absolute atomic E-state index is 0.183. The Hall–Kier alpha value is -4.28. The van der Waals surface area contributed by atoms with Crippen molar-refractivity contribution < 1.29 is 8.78 Å². The van der Waals surface area contributed by atoms with Gasteiger partial charge in [-0.25, -0.2) is 8.78 Å². The second-order valence-electron chi connectivity index (χ2n) is 12.0. The molecule has 6 aromatic heterocycles. The van der Waals surface area contributed by atoms with E-state index in [4.69, 9.17) is 0 Å². The van der Waals surface area contributed by atoms with Crippen LogP contribution in [0.5, 0.6) is 0 Å². The molecule has 0 saturated carbocycles. The van der Waals surface area contributed by atoms with E-state index in [1.54, 1.807) is 57.5 Å². The van der Waals surface area contributed by atoms with Crippen LogP contribution in [0.1, 0.15) is 0 Å². The third-order valence-corrected chi connectivity index (χ3v) is 15.6. The summed E-state index contributed by atoms with van der Waals surface area (Å²) in [7, 11) is 0. The number of hydrogen-bond acceptors (Lipinski definition) is 6. The lowest BCUT2D eigenvalue weighted by atomic mass is 10.1. The highest BCUT2D eigenvalue weighted by Crippen LogP contribution is 2.46. The van der Waals surface area contributed by atoms with Crippen LogP contribution in [-0.4, -0.2) is 0 Å². The van der Waals surface area contributed by atoms with Gasteiger partial charge in [0.05, 0.1) is 9.75 Å². The molecule has 0 aliphatic heterocycles. The van der Waals surface area contributed by atoms with Gasteiger partial charge in [-0.2, -0.15) is 0 Å². The highest BCUT2D eigenvalue weighted by Gasteiger charge is 2.17. The molecular formula is C42H22F2S6. The molecule has 0 spiro atoms. The second-order valence-corrected chi connectivity index (χ2v) is 18.2. The molecule has 50 heavy (non-hydrogen) atoms. The molecule has 0 nitrogen and oxygen atoms in total. The second kappa shape index (κ2) is 12.2.